The number of hydrogen-bond acceptors (Lipinski definition) is 4. The molecule has 7 nitrogen and oxygen atoms in total. The maximum absolute atomic E-state index is 13.7. The maximum Gasteiger partial charge on any atom is 0.329 e. The SMILES string of the molecule is CC(C)[C@H](NC(=O)Nc1ccccc1)C(=O)O[C@@H](C)C(=O)Nc1ccc(F)cc1F. The lowest BCUT2D eigenvalue weighted by molar-refractivity contribution is -0.156. The summed E-state index contributed by atoms with van der Waals surface area (Å²) in [6.45, 7) is 4.71. The zero-order chi connectivity index (χ0) is 22.3. The summed E-state index contributed by atoms with van der Waals surface area (Å²) in [6.07, 6.45) is -1.28. The molecule has 0 aliphatic carbocycles. The van der Waals surface area contributed by atoms with E-state index in [0.717, 1.165) is 12.1 Å². The van der Waals surface area contributed by atoms with Crippen molar-refractivity contribution in [1.82, 2.24) is 5.32 Å². The summed E-state index contributed by atoms with van der Waals surface area (Å²) in [5, 5.41) is 7.33. The molecule has 3 amide bonds. The molecule has 0 aromatic heterocycles. The zero-order valence-electron chi connectivity index (χ0n) is 16.7. The van der Waals surface area contributed by atoms with E-state index < -0.39 is 41.7 Å². The lowest BCUT2D eigenvalue weighted by atomic mass is 10.0. The second kappa shape index (κ2) is 10.3. The van der Waals surface area contributed by atoms with Gasteiger partial charge in [0.15, 0.2) is 6.10 Å². The Morgan fingerprint density at radius 3 is 2.20 bits per heavy atom. The van der Waals surface area contributed by atoms with E-state index in [0.29, 0.717) is 11.8 Å². The maximum atomic E-state index is 13.7. The number of hydrogen-bond donors (Lipinski definition) is 3. The molecule has 0 spiro atoms. The number of nitrogens with one attached hydrogen (secondary N) is 3. The summed E-state index contributed by atoms with van der Waals surface area (Å²) >= 11 is 0. The number of amides is 3. The number of halogens is 2. The molecule has 0 saturated carbocycles. The van der Waals surface area contributed by atoms with Gasteiger partial charge in [-0.05, 0) is 37.1 Å². The van der Waals surface area contributed by atoms with E-state index in [1.54, 1.807) is 44.2 Å². The van der Waals surface area contributed by atoms with Gasteiger partial charge < -0.3 is 20.7 Å². The predicted octanol–water partition coefficient (Wildman–Crippen LogP) is 3.68. The Bertz CT molecular complexity index is 906. The summed E-state index contributed by atoms with van der Waals surface area (Å²) < 4.78 is 31.8. The third-order valence-corrected chi connectivity index (χ3v) is 4.09. The molecular weight excluding hydrogens is 396 g/mol. The van der Waals surface area contributed by atoms with Crippen LogP contribution in [0.15, 0.2) is 48.5 Å². The molecule has 160 valence electrons. The lowest BCUT2D eigenvalue weighted by Gasteiger charge is -2.23. The fourth-order valence-corrected chi connectivity index (χ4v) is 2.45. The van der Waals surface area contributed by atoms with Crippen LogP contribution in [0.25, 0.3) is 0 Å². The fourth-order valence-electron chi connectivity index (χ4n) is 2.45. The van der Waals surface area contributed by atoms with Crippen molar-refractivity contribution >= 4 is 29.3 Å². The second-order valence-electron chi connectivity index (χ2n) is 6.88. The number of benzene rings is 2. The summed E-state index contributed by atoms with van der Waals surface area (Å²) in [6, 6.07) is 9.68. The lowest BCUT2D eigenvalue weighted by Crippen LogP contribution is -2.48. The average Bonchev–Trinajstić information content (AvgIpc) is 2.68. The van der Waals surface area contributed by atoms with Crippen LogP contribution in [0.3, 0.4) is 0 Å². The Morgan fingerprint density at radius 2 is 1.60 bits per heavy atom. The quantitative estimate of drug-likeness (QED) is 0.597. The highest BCUT2D eigenvalue weighted by Crippen LogP contribution is 2.16. The molecule has 0 aliphatic heterocycles. The molecule has 2 aromatic carbocycles. The van der Waals surface area contributed by atoms with Gasteiger partial charge in [0.05, 0.1) is 5.69 Å². The van der Waals surface area contributed by atoms with Gasteiger partial charge in [-0.25, -0.2) is 18.4 Å². The normalized spacial score (nSPS) is 12.6. The topological polar surface area (TPSA) is 96.5 Å². The smallest absolute Gasteiger partial charge is 0.329 e. The van der Waals surface area contributed by atoms with Gasteiger partial charge in [-0.15, -0.1) is 0 Å². The van der Waals surface area contributed by atoms with Crippen molar-refractivity contribution in [2.45, 2.75) is 32.9 Å². The highest BCUT2D eigenvalue weighted by Gasteiger charge is 2.29. The Hall–Kier alpha value is -3.49. The first-order valence-corrected chi connectivity index (χ1v) is 9.26. The van der Waals surface area contributed by atoms with E-state index in [-0.39, 0.29) is 11.6 Å². The molecular formula is C21H23F2N3O4. The number of rotatable bonds is 7. The van der Waals surface area contributed by atoms with Crippen LogP contribution in [-0.4, -0.2) is 30.1 Å². The molecule has 0 heterocycles. The van der Waals surface area contributed by atoms with Crippen molar-refractivity contribution < 1.29 is 27.9 Å². The molecule has 0 saturated heterocycles. The van der Waals surface area contributed by atoms with Crippen LogP contribution in [-0.2, 0) is 14.3 Å². The van der Waals surface area contributed by atoms with E-state index in [4.69, 9.17) is 4.74 Å². The van der Waals surface area contributed by atoms with Gasteiger partial charge in [-0.3, -0.25) is 4.79 Å². The Balaban J connectivity index is 1.95. The number of anilines is 2. The highest BCUT2D eigenvalue weighted by atomic mass is 19.1. The molecule has 0 unspecified atom stereocenters. The third-order valence-electron chi connectivity index (χ3n) is 4.09. The highest BCUT2D eigenvalue weighted by molar-refractivity contribution is 5.96. The molecule has 0 aliphatic rings. The molecule has 0 bridgehead atoms. The van der Waals surface area contributed by atoms with Crippen LogP contribution < -0.4 is 16.0 Å². The molecule has 2 rings (SSSR count). The van der Waals surface area contributed by atoms with Crippen LogP contribution in [0.2, 0.25) is 0 Å². The van der Waals surface area contributed by atoms with Crippen LogP contribution in [0, 0.1) is 17.6 Å². The summed E-state index contributed by atoms with van der Waals surface area (Å²) in [5.74, 6) is -3.70. The van der Waals surface area contributed by atoms with Gasteiger partial charge >= 0.3 is 12.0 Å². The van der Waals surface area contributed by atoms with Crippen molar-refractivity contribution in [2.75, 3.05) is 10.6 Å². The van der Waals surface area contributed by atoms with Gasteiger partial charge in [0.1, 0.15) is 17.7 Å². The van der Waals surface area contributed by atoms with E-state index in [9.17, 15) is 23.2 Å². The van der Waals surface area contributed by atoms with Crippen LogP contribution in [0.5, 0.6) is 0 Å². The van der Waals surface area contributed by atoms with Gasteiger partial charge in [0.25, 0.3) is 5.91 Å². The Kier molecular flexibility index (Phi) is 7.85. The number of urea groups is 1. The minimum absolute atomic E-state index is 0.245. The van der Waals surface area contributed by atoms with E-state index in [2.05, 4.69) is 16.0 Å². The van der Waals surface area contributed by atoms with Gasteiger partial charge in [-0.1, -0.05) is 32.0 Å². The van der Waals surface area contributed by atoms with Gasteiger partial charge in [0, 0.05) is 11.8 Å². The van der Waals surface area contributed by atoms with Crippen LogP contribution in [0.4, 0.5) is 25.0 Å². The van der Waals surface area contributed by atoms with Gasteiger partial charge in [0.2, 0.25) is 0 Å². The first-order chi connectivity index (χ1) is 14.2. The molecule has 0 radical (unpaired) electrons. The molecule has 9 heteroatoms. The van der Waals surface area contributed by atoms with E-state index >= 15 is 0 Å². The zero-order valence-corrected chi connectivity index (χ0v) is 16.7. The number of para-hydroxylation sites is 1. The molecule has 3 N–H and O–H groups in total. The first-order valence-electron chi connectivity index (χ1n) is 9.26. The molecule has 0 fully saturated rings. The summed E-state index contributed by atoms with van der Waals surface area (Å²) in [7, 11) is 0. The monoisotopic (exact) mass is 419 g/mol. The summed E-state index contributed by atoms with van der Waals surface area (Å²) in [4.78, 5) is 36.9. The number of carbonyl (C=O) groups is 3. The molecule has 2 aromatic rings. The number of ether oxygens (including phenoxy) is 1. The largest absolute Gasteiger partial charge is 0.451 e. The van der Waals surface area contributed by atoms with Gasteiger partial charge in [-0.2, -0.15) is 0 Å². The van der Waals surface area contributed by atoms with Crippen LogP contribution in [0.1, 0.15) is 20.8 Å². The minimum Gasteiger partial charge on any atom is -0.451 e. The first kappa shape index (κ1) is 22.8. The Labute approximate surface area is 172 Å². The van der Waals surface area contributed by atoms with E-state index in [1.807, 2.05) is 0 Å². The standard InChI is InChI=1S/C21H23F2N3O4/c1-12(2)18(26-21(29)24-15-7-5-4-6-8-15)20(28)30-13(3)19(27)25-17-10-9-14(22)11-16(17)23/h4-13,18H,1-3H3,(H,25,27)(H2,24,26,29)/t13-,18-/m0/s1. The molecule has 2 atom stereocenters. The van der Waals surface area contributed by atoms with Crippen LogP contribution >= 0.6 is 0 Å². The van der Waals surface area contributed by atoms with Crippen molar-refractivity contribution in [1.29, 1.82) is 0 Å². The number of esters is 1. The predicted molar refractivity (Wildman–Crippen MR) is 108 cm³/mol. The average molecular weight is 419 g/mol. The summed E-state index contributed by atoms with van der Waals surface area (Å²) in [5.41, 5.74) is 0.296. The third kappa shape index (κ3) is 6.54. The van der Waals surface area contributed by atoms with Crippen molar-refractivity contribution in [3.8, 4) is 0 Å². The van der Waals surface area contributed by atoms with Crippen molar-refractivity contribution in [2.24, 2.45) is 5.92 Å². The Morgan fingerprint density at radius 1 is 0.933 bits per heavy atom. The second-order valence-corrected chi connectivity index (χ2v) is 6.88. The van der Waals surface area contributed by atoms with Crippen molar-refractivity contribution in [3.05, 3.63) is 60.2 Å². The number of carbonyl (C=O) groups excluding carboxylic acids is 3. The van der Waals surface area contributed by atoms with Crippen molar-refractivity contribution in [3.63, 3.8) is 0 Å². The minimum atomic E-state index is -1.28. The molecule has 30 heavy (non-hydrogen) atoms. The van der Waals surface area contributed by atoms with E-state index in [1.165, 1.54) is 6.92 Å². The fraction of sp³-hybridized carbons (Fsp3) is 0.286.